The number of fused-ring (bicyclic) bond motifs is 2. The first kappa shape index (κ1) is 28.5. The SMILES string of the molecule is CC(C)(C)OC(=O)N(C(=O)OC(C)(C)C)c1noc2cc(COc3ccc4c(c3)OC(C)(C)CC4)c(Cl)cc12. The number of carbonyl (C=O) groups excluding carboxylic acids is 2. The van der Waals surface area contributed by atoms with Crippen molar-refractivity contribution in [2.45, 2.75) is 91.6 Å². The van der Waals surface area contributed by atoms with Crippen molar-refractivity contribution in [2.24, 2.45) is 0 Å². The summed E-state index contributed by atoms with van der Waals surface area (Å²) in [6.07, 6.45) is -0.00169. The fraction of sp³-hybridized carbons (Fsp3) is 0.483. The molecule has 39 heavy (non-hydrogen) atoms. The normalized spacial score (nSPS) is 14.8. The van der Waals surface area contributed by atoms with Gasteiger partial charge >= 0.3 is 12.2 Å². The van der Waals surface area contributed by atoms with Gasteiger partial charge in [0.2, 0.25) is 0 Å². The van der Waals surface area contributed by atoms with E-state index < -0.39 is 23.4 Å². The summed E-state index contributed by atoms with van der Waals surface area (Å²) in [5.41, 5.74) is 0.131. The maximum absolute atomic E-state index is 13.0. The molecule has 9 nitrogen and oxygen atoms in total. The van der Waals surface area contributed by atoms with Crippen LogP contribution in [0.2, 0.25) is 5.02 Å². The van der Waals surface area contributed by atoms with Crippen LogP contribution in [0, 0.1) is 0 Å². The molecule has 210 valence electrons. The number of carbonyl (C=O) groups is 2. The molecule has 0 atom stereocenters. The Morgan fingerprint density at radius 1 is 1.03 bits per heavy atom. The summed E-state index contributed by atoms with van der Waals surface area (Å²) in [4.78, 5) is 26.8. The largest absolute Gasteiger partial charge is 0.489 e. The average Bonchev–Trinajstić information content (AvgIpc) is 3.16. The zero-order chi connectivity index (χ0) is 28.8. The van der Waals surface area contributed by atoms with Crippen LogP contribution in [0.5, 0.6) is 11.5 Å². The maximum Gasteiger partial charge on any atom is 0.425 e. The van der Waals surface area contributed by atoms with Crippen LogP contribution in [0.25, 0.3) is 11.0 Å². The van der Waals surface area contributed by atoms with Crippen molar-refractivity contribution in [2.75, 3.05) is 4.90 Å². The van der Waals surface area contributed by atoms with Gasteiger partial charge in [0, 0.05) is 16.7 Å². The molecule has 0 N–H and O–H groups in total. The molecular formula is C29H35ClN2O7. The second-order valence-corrected chi connectivity index (χ2v) is 12.6. The standard InChI is InChI=1S/C29H35ClN2O7/c1-27(2,3)37-25(33)32(26(34)38-28(4,5)6)24-20-15-21(30)18(13-23(20)39-31-24)16-35-19-10-9-17-11-12-29(7,8)36-22(17)14-19/h9-10,13-15H,11-12,16H2,1-8H3. The average molecular weight is 559 g/mol. The molecule has 0 unspecified atom stereocenters. The molecular weight excluding hydrogens is 524 g/mol. The monoisotopic (exact) mass is 558 g/mol. The number of hydrogen-bond donors (Lipinski definition) is 0. The zero-order valence-corrected chi connectivity index (χ0v) is 24.4. The quantitative estimate of drug-likeness (QED) is 0.319. The molecule has 0 spiro atoms. The number of anilines is 1. The number of benzene rings is 2. The Hall–Kier alpha value is -3.46. The fourth-order valence-corrected chi connectivity index (χ4v) is 4.21. The lowest BCUT2D eigenvalue weighted by Crippen LogP contribution is -2.44. The number of halogens is 1. The molecule has 0 aliphatic carbocycles. The van der Waals surface area contributed by atoms with E-state index in [1.807, 2.05) is 18.2 Å². The van der Waals surface area contributed by atoms with Crippen LogP contribution in [0.1, 0.15) is 72.9 Å². The Morgan fingerprint density at radius 3 is 2.28 bits per heavy atom. The van der Waals surface area contributed by atoms with Crippen molar-refractivity contribution in [3.8, 4) is 11.5 Å². The highest BCUT2D eigenvalue weighted by Gasteiger charge is 2.36. The number of nitrogens with zero attached hydrogens (tertiary/aromatic N) is 2. The van der Waals surface area contributed by atoms with E-state index in [9.17, 15) is 9.59 Å². The van der Waals surface area contributed by atoms with Gasteiger partial charge in [-0.1, -0.05) is 22.8 Å². The first-order valence-corrected chi connectivity index (χ1v) is 13.2. The highest BCUT2D eigenvalue weighted by atomic mass is 35.5. The van der Waals surface area contributed by atoms with E-state index in [0.29, 0.717) is 32.2 Å². The molecule has 0 bridgehead atoms. The van der Waals surface area contributed by atoms with Gasteiger partial charge in [-0.2, -0.15) is 4.90 Å². The zero-order valence-electron chi connectivity index (χ0n) is 23.6. The molecule has 3 aromatic rings. The Balaban J connectivity index is 1.60. The van der Waals surface area contributed by atoms with Crippen LogP contribution in [0.3, 0.4) is 0 Å². The lowest BCUT2D eigenvalue weighted by molar-refractivity contribution is 0.0427. The molecule has 4 rings (SSSR count). The summed E-state index contributed by atoms with van der Waals surface area (Å²) < 4.78 is 28.5. The lowest BCUT2D eigenvalue weighted by Gasteiger charge is -2.32. The second kappa shape index (κ2) is 10.3. The van der Waals surface area contributed by atoms with Gasteiger partial charge in [0.25, 0.3) is 0 Å². The highest BCUT2D eigenvalue weighted by molar-refractivity contribution is 6.32. The minimum absolute atomic E-state index is 0.0858. The van der Waals surface area contributed by atoms with Gasteiger partial charge in [-0.3, -0.25) is 0 Å². The van der Waals surface area contributed by atoms with Crippen molar-refractivity contribution in [1.29, 1.82) is 0 Å². The Morgan fingerprint density at radius 2 is 1.67 bits per heavy atom. The van der Waals surface area contributed by atoms with Gasteiger partial charge in [-0.05, 0) is 92.0 Å². The number of aromatic nitrogens is 1. The Kier molecular flexibility index (Phi) is 7.51. The molecule has 0 fully saturated rings. The maximum atomic E-state index is 13.0. The molecule has 2 amide bonds. The van der Waals surface area contributed by atoms with Crippen LogP contribution in [-0.2, 0) is 22.5 Å². The highest BCUT2D eigenvalue weighted by Crippen LogP contribution is 2.37. The summed E-state index contributed by atoms with van der Waals surface area (Å²) >= 11 is 6.60. The predicted molar refractivity (Wildman–Crippen MR) is 148 cm³/mol. The van der Waals surface area contributed by atoms with Crippen molar-refractivity contribution in [3.05, 3.63) is 46.5 Å². The van der Waals surface area contributed by atoms with Gasteiger partial charge in [0.1, 0.15) is 34.9 Å². The summed E-state index contributed by atoms with van der Waals surface area (Å²) in [5, 5.41) is 4.67. The van der Waals surface area contributed by atoms with Crippen LogP contribution < -0.4 is 14.4 Å². The summed E-state index contributed by atoms with van der Waals surface area (Å²) in [6, 6.07) is 9.03. The predicted octanol–water partition coefficient (Wildman–Crippen LogP) is 7.84. The third-order valence-corrected chi connectivity index (χ3v) is 6.15. The second-order valence-electron chi connectivity index (χ2n) is 12.2. The third kappa shape index (κ3) is 6.95. The smallest absolute Gasteiger partial charge is 0.425 e. The van der Waals surface area contributed by atoms with Crippen LogP contribution in [0.4, 0.5) is 15.4 Å². The van der Waals surface area contributed by atoms with E-state index in [-0.39, 0.29) is 18.0 Å². The lowest BCUT2D eigenvalue weighted by atomic mass is 9.94. The number of aryl methyl sites for hydroxylation is 1. The molecule has 2 heterocycles. The summed E-state index contributed by atoms with van der Waals surface area (Å²) in [7, 11) is 0. The molecule has 10 heteroatoms. The van der Waals surface area contributed by atoms with E-state index in [2.05, 4.69) is 19.0 Å². The summed E-state index contributed by atoms with van der Waals surface area (Å²) in [6.45, 7) is 14.4. The molecule has 2 aromatic carbocycles. The van der Waals surface area contributed by atoms with Gasteiger partial charge in [0.05, 0.1) is 5.39 Å². The first-order valence-electron chi connectivity index (χ1n) is 12.8. The van der Waals surface area contributed by atoms with Crippen LogP contribution >= 0.6 is 11.6 Å². The van der Waals surface area contributed by atoms with E-state index in [0.717, 1.165) is 24.2 Å². The Labute approximate surface area is 233 Å². The molecule has 1 aromatic heterocycles. The topological polar surface area (TPSA) is 100 Å². The van der Waals surface area contributed by atoms with E-state index >= 15 is 0 Å². The van der Waals surface area contributed by atoms with Gasteiger partial charge in [-0.15, -0.1) is 0 Å². The van der Waals surface area contributed by atoms with Gasteiger partial charge in [-0.25, -0.2) is 9.59 Å². The van der Waals surface area contributed by atoms with Crippen molar-refractivity contribution in [1.82, 2.24) is 5.16 Å². The number of rotatable bonds is 4. The molecule has 0 radical (unpaired) electrons. The van der Waals surface area contributed by atoms with Crippen molar-refractivity contribution in [3.63, 3.8) is 0 Å². The number of amides is 2. The van der Waals surface area contributed by atoms with E-state index in [1.54, 1.807) is 53.7 Å². The molecule has 1 aliphatic heterocycles. The van der Waals surface area contributed by atoms with Crippen LogP contribution in [0.15, 0.2) is 34.9 Å². The molecule has 0 saturated carbocycles. The third-order valence-electron chi connectivity index (χ3n) is 5.80. The van der Waals surface area contributed by atoms with Crippen molar-refractivity contribution >= 4 is 40.6 Å². The number of imide groups is 1. The van der Waals surface area contributed by atoms with E-state index in [1.165, 1.54) is 0 Å². The van der Waals surface area contributed by atoms with Crippen LogP contribution in [-0.4, -0.2) is 34.1 Å². The first-order chi connectivity index (χ1) is 18.0. The van der Waals surface area contributed by atoms with Gasteiger partial charge < -0.3 is 23.5 Å². The molecule has 1 aliphatic rings. The van der Waals surface area contributed by atoms with Crippen molar-refractivity contribution < 1.29 is 33.1 Å². The molecule has 0 saturated heterocycles. The number of ether oxygens (including phenoxy) is 4. The minimum atomic E-state index is -0.951. The van der Waals surface area contributed by atoms with Gasteiger partial charge in [0.15, 0.2) is 11.4 Å². The minimum Gasteiger partial charge on any atom is -0.489 e. The fourth-order valence-electron chi connectivity index (χ4n) is 3.99. The summed E-state index contributed by atoms with van der Waals surface area (Å²) in [5.74, 6) is 1.37. The van der Waals surface area contributed by atoms with E-state index in [4.69, 9.17) is 35.1 Å². The Bertz CT molecular complexity index is 1370. The number of hydrogen-bond acceptors (Lipinski definition) is 8.